The second-order valence-electron chi connectivity index (χ2n) is 3.77. The van der Waals surface area contributed by atoms with E-state index in [9.17, 15) is 9.50 Å². The molecule has 0 heterocycles. The Bertz CT molecular complexity index is 550. The fourth-order valence-corrected chi connectivity index (χ4v) is 1.80. The minimum atomic E-state index is -0.287. The molecule has 2 aromatic rings. The number of rotatable bonds is 2. The Balaban J connectivity index is 2.65. The molecule has 0 spiro atoms. The molecule has 3 heteroatoms. The number of hydrogen-bond donors (Lipinski definition) is 1. The van der Waals surface area contributed by atoms with Crippen molar-refractivity contribution in [2.75, 3.05) is 7.11 Å². The zero-order chi connectivity index (χ0) is 12.4. The van der Waals surface area contributed by atoms with Crippen molar-refractivity contribution in [3.63, 3.8) is 0 Å². The van der Waals surface area contributed by atoms with E-state index in [4.69, 9.17) is 4.74 Å². The van der Waals surface area contributed by atoms with Crippen LogP contribution >= 0.6 is 0 Å². The average molecular weight is 232 g/mol. The molecule has 2 rings (SSSR count). The summed E-state index contributed by atoms with van der Waals surface area (Å²) in [7, 11) is 1.48. The molecule has 17 heavy (non-hydrogen) atoms. The highest BCUT2D eigenvalue weighted by Crippen LogP contribution is 2.38. The van der Waals surface area contributed by atoms with E-state index >= 15 is 0 Å². The van der Waals surface area contributed by atoms with Crippen LogP contribution in [-0.4, -0.2) is 12.2 Å². The van der Waals surface area contributed by atoms with Crippen molar-refractivity contribution in [2.45, 2.75) is 6.92 Å². The standard InChI is InChI=1S/C14H13FO2/c1-9-10(5-3-7-12(9)15)11-6-4-8-13(17-2)14(11)16/h3-8,16H,1-2H3. The molecule has 0 radical (unpaired) electrons. The molecule has 0 aliphatic heterocycles. The first-order valence-electron chi connectivity index (χ1n) is 5.26. The molecule has 1 N–H and O–H groups in total. The Morgan fingerprint density at radius 1 is 1.06 bits per heavy atom. The van der Waals surface area contributed by atoms with Gasteiger partial charge in [0, 0.05) is 5.56 Å². The fraction of sp³-hybridized carbons (Fsp3) is 0.143. The van der Waals surface area contributed by atoms with Gasteiger partial charge in [-0.3, -0.25) is 0 Å². The minimum absolute atomic E-state index is 0.0312. The summed E-state index contributed by atoms with van der Waals surface area (Å²) in [4.78, 5) is 0. The maximum absolute atomic E-state index is 13.5. The van der Waals surface area contributed by atoms with E-state index in [1.54, 1.807) is 37.3 Å². The second-order valence-corrected chi connectivity index (χ2v) is 3.77. The lowest BCUT2D eigenvalue weighted by Crippen LogP contribution is -1.90. The lowest BCUT2D eigenvalue weighted by atomic mass is 9.99. The van der Waals surface area contributed by atoms with E-state index in [-0.39, 0.29) is 11.6 Å². The summed E-state index contributed by atoms with van der Waals surface area (Å²) in [5.74, 6) is 0.125. The first-order chi connectivity index (χ1) is 8.15. The highest BCUT2D eigenvalue weighted by atomic mass is 19.1. The summed E-state index contributed by atoms with van der Waals surface area (Å²) in [6.45, 7) is 1.68. The Labute approximate surface area is 99.3 Å². The molecule has 0 bridgehead atoms. The molecule has 0 amide bonds. The van der Waals surface area contributed by atoms with Crippen LogP contribution in [0.1, 0.15) is 5.56 Å². The molecule has 2 aromatic carbocycles. The predicted octanol–water partition coefficient (Wildman–Crippen LogP) is 3.52. The van der Waals surface area contributed by atoms with Crippen LogP contribution in [0, 0.1) is 12.7 Å². The van der Waals surface area contributed by atoms with Crippen LogP contribution in [0.25, 0.3) is 11.1 Å². The molecule has 0 saturated heterocycles. The van der Waals surface area contributed by atoms with Crippen LogP contribution in [0.15, 0.2) is 36.4 Å². The number of aromatic hydroxyl groups is 1. The minimum Gasteiger partial charge on any atom is -0.504 e. The first kappa shape index (κ1) is 11.5. The van der Waals surface area contributed by atoms with Crippen molar-refractivity contribution in [2.24, 2.45) is 0 Å². The van der Waals surface area contributed by atoms with Crippen molar-refractivity contribution >= 4 is 0 Å². The molecular formula is C14H13FO2. The Hall–Kier alpha value is -2.03. The molecule has 0 unspecified atom stereocenters. The lowest BCUT2D eigenvalue weighted by molar-refractivity contribution is 0.374. The van der Waals surface area contributed by atoms with E-state index < -0.39 is 0 Å². The number of halogens is 1. The van der Waals surface area contributed by atoms with Crippen LogP contribution in [0.5, 0.6) is 11.5 Å². The monoisotopic (exact) mass is 232 g/mol. The molecule has 0 saturated carbocycles. The quantitative estimate of drug-likeness (QED) is 0.858. The molecule has 0 fully saturated rings. The van der Waals surface area contributed by atoms with Crippen molar-refractivity contribution in [3.05, 3.63) is 47.8 Å². The Kier molecular flexibility index (Phi) is 3.00. The average Bonchev–Trinajstić information content (AvgIpc) is 2.33. The van der Waals surface area contributed by atoms with Crippen LogP contribution < -0.4 is 4.74 Å². The number of para-hydroxylation sites is 1. The van der Waals surface area contributed by atoms with Crippen LogP contribution in [0.3, 0.4) is 0 Å². The van der Waals surface area contributed by atoms with E-state index in [1.807, 2.05) is 0 Å². The molecule has 88 valence electrons. The van der Waals surface area contributed by atoms with Gasteiger partial charge in [0.2, 0.25) is 0 Å². The van der Waals surface area contributed by atoms with Gasteiger partial charge in [-0.05, 0) is 30.2 Å². The van der Waals surface area contributed by atoms with Crippen molar-refractivity contribution < 1.29 is 14.2 Å². The van der Waals surface area contributed by atoms with Gasteiger partial charge in [-0.1, -0.05) is 24.3 Å². The van der Waals surface area contributed by atoms with Gasteiger partial charge in [-0.2, -0.15) is 0 Å². The smallest absolute Gasteiger partial charge is 0.165 e. The first-order valence-corrected chi connectivity index (χ1v) is 5.26. The number of ether oxygens (including phenoxy) is 1. The zero-order valence-electron chi connectivity index (χ0n) is 9.70. The molecule has 2 nitrogen and oxygen atoms in total. The molecule has 0 aromatic heterocycles. The summed E-state index contributed by atoms with van der Waals surface area (Å²) in [6, 6.07) is 9.95. The molecule has 0 aliphatic carbocycles. The number of phenolic OH excluding ortho intramolecular Hbond substituents is 1. The molecular weight excluding hydrogens is 219 g/mol. The highest BCUT2D eigenvalue weighted by molar-refractivity contribution is 5.75. The van der Waals surface area contributed by atoms with Gasteiger partial charge >= 0.3 is 0 Å². The largest absolute Gasteiger partial charge is 0.504 e. The fourth-order valence-electron chi connectivity index (χ4n) is 1.80. The normalized spacial score (nSPS) is 10.3. The van der Waals surface area contributed by atoms with Crippen molar-refractivity contribution in [3.8, 4) is 22.6 Å². The molecule has 0 aliphatic rings. The maximum atomic E-state index is 13.5. The summed E-state index contributed by atoms with van der Waals surface area (Å²) in [5.41, 5.74) is 1.75. The van der Waals surface area contributed by atoms with Gasteiger partial charge in [-0.15, -0.1) is 0 Å². The third-order valence-electron chi connectivity index (χ3n) is 2.78. The predicted molar refractivity (Wildman–Crippen MR) is 64.8 cm³/mol. The van der Waals surface area contributed by atoms with Gasteiger partial charge in [0.15, 0.2) is 11.5 Å². The number of methoxy groups -OCH3 is 1. The number of hydrogen-bond acceptors (Lipinski definition) is 2. The highest BCUT2D eigenvalue weighted by Gasteiger charge is 2.12. The van der Waals surface area contributed by atoms with Gasteiger partial charge in [0.25, 0.3) is 0 Å². The van der Waals surface area contributed by atoms with Crippen LogP contribution in [0.2, 0.25) is 0 Å². The van der Waals surface area contributed by atoms with Crippen LogP contribution in [0.4, 0.5) is 4.39 Å². The van der Waals surface area contributed by atoms with Gasteiger partial charge in [0.05, 0.1) is 7.11 Å². The summed E-state index contributed by atoms with van der Waals surface area (Å²) < 4.78 is 18.5. The zero-order valence-corrected chi connectivity index (χ0v) is 9.70. The van der Waals surface area contributed by atoms with Crippen molar-refractivity contribution in [1.82, 2.24) is 0 Å². The number of phenols is 1. The van der Waals surface area contributed by atoms with Gasteiger partial charge < -0.3 is 9.84 Å². The van der Waals surface area contributed by atoms with E-state index in [0.29, 0.717) is 22.4 Å². The molecule has 0 atom stereocenters. The SMILES string of the molecule is COc1cccc(-c2cccc(F)c2C)c1O. The van der Waals surface area contributed by atoms with Gasteiger partial charge in [0.1, 0.15) is 5.82 Å². The third kappa shape index (κ3) is 1.96. The second kappa shape index (κ2) is 4.45. The van der Waals surface area contributed by atoms with E-state index in [2.05, 4.69) is 0 Å². The van der Waals surface area contributed by atoms with Crippen molar-refractivity contribution in [1.29, 1.82) is 0 Å². The Morgan fingerprint density at radius 2 is 1.71 bits per heavy atom. The van der Waals surface area contributed by atoms with Crippen LogP contribution in [-0.2, 0) is 0 Å². The summed E-state index contributed by atoms with van der Waals surface area (Å²) in [6.07, 6.45) is 0. The van der Waals surface area contributed by atoms with Gasteiger partial charge in [-0.25, -0.2) is 4.39 Å². The Morgan fingerprint density at radius 3 is 2.41 bits per heavy atom. The number of benzene rings is 2. The van der Waals surface area contributed by atoms with E-state index in [0.717, 1.165) is 0 Å². The summed E-state index contributed by atoms with van der Waals surface area (Å²) >= 11 is 0. The topological polar surface area (TPSA) is 29.5 Å². The van der Waals surface area contributed by atoms with E-state index in [1.165, 1.54) is 13.2 Å². The summed E-state index contributed by atoms with van der Waals surface area (Å²) in [5, 5.41) is 10.0. The third-order valence-corrected chi connectivity index (χ3v) is 2.78. The lowest BCUT2D eigenvalue weighted by Gasteiger charge is -2.11. The maximum Gasteiger partial charge on any atom is 0.165 e.